The van der Waals surface area contributed by atoms with Gasteiger partial charge in [-0.15, -0.1) is 11.8 Å². The van der Waals surface area contributed by atoms with E-state index in [1.54, 1.807) is 98.0 Å². The number of hydrogen-bond acceptors (Lipinski definition) is 22. The van der Waals surface area contributed by atoms with Gasteiger partial charge in [0.1, 0.15) is 90.0 Å². The van der Waals surface area contributed by atoms with Gasteiger partial charge in [0.15, 0.2) is 17.5 Å². The molecule has 38 nitrogen and oxygen atoms in total. The number of halogens is 3. The van der Waals surface area contributed by atoms with Crippen LogP contribution in [0.1, 0.15) is 92.7 Å². The number of aliphatic hydroxyl groups is 1. The van der Waals surface area contributed by atoms with E-state index >= 15 is 56.7 Å². The zero-order valence-electron chi connectivity index (χ0n) is 77.2. The number of hydrogen-bond donors (Lipinski definition) is 15. The van der Waals surface area contributed by atoms with Gasteiger partial charge in [-0.2, -0.15) is 0 Å². The van der Waals surface area contributed by atoms with Crippen LogP contribution in [0.15, 0.2) is 152 Å². The standard InChI is InChI=1S/C96H117F3N16O22S/c1-8-9-24-74-95(134)114-34-36-137-50-78(114)91(130)107-70(46-81(121)122)88(127)110-83(53(2)3)96(135)112(5)75(42-54-18-12-10-13-19-54)89(128)108-72(40-57-27-31-61(117)32-28-57)93(132)115-49-62(118)45-76(115)90(129)106-69(44-59-47-101-66-23-17-16-22-63(59)66)87(126)105-68(39-56-25-29-60(116)30-26-56)86(125)104-67(33-35-136-7)85(124)109-73(84(123)102-48-79(100)119)51-138-52-80(120)103-71(41-58-37-64(97)82(99)65(98)38-58)92(131)113(6)77(94(133)111(74)4)43-55-20-14-11-15-21-55/h10-23,25-32,37-38,47,53,62,67-78,83,101,116-118H,8-9,24,33-36,39-46,48-52H2,1-7H3,(H2,100,119)(H,102,123)(H,103,120)(H,104,125)(H,105,126)(H,106,129)(H,107,130)(H,108,128)(H,109,124)(H,110,127)(H,121,122)/t62-,67+,68+,69+,70+,71+,72+,73+,74+,75+,76-,77+,78-,83+/m1/s1. The Morgan fingerprint density at radius 2 is 1.06 bits per heavy atom. The van der Waals surface area contributed by atoms with Crippen molar-refractivity contribution in [2.24, 2.45) is 11.7 Å². The van der Waals surface area contributed by atoms with E-state index in [2.05, 4.69) is 52.8 Å². The third-order valence-electron chi connectivity index (χ3n) is 24.2. The van der Waals surface area contributed by atoms with Gasteiger partial charge in [-0.25, -0.2) is 13.2 Å². The quantitative estimate of drug-likeness (QED) is 0.0375. The number of nitrogens with two attached hydrogens (primary N) is 1. The van der Waals surface area contributed by atoms with Crippen molar-refractivity contribution in [3.63, 3.8) is 0 Å². The number of nitrogens with zero attached hydrogens (tertiary/aromatic N) is 5. The van der Waals surface area contributed by atoms with E-state index in [9.17, 15) is 53.6 Å². The molecule has 7 aromatic rings. The summed E-state index contributed by atoms with van der Waals surface area (Å²) in [4.78, 5) is 247. The summed E-state index contributed by atoms with van der Waals surface area (Å²) in [7, 11) is 4.94. The van der Waals surface area contributed by atoms with Crippen molar-refractivity contribution >= 4 is 117 Å². The minimum absolute atomic E-state index is 0.0991. The van der Waals surface area contributed by atoms with Crippen LogP contribution in [-0.2, 0) is 125 Å². The summed E-state index contributed by atoms with van der Waals surface area (Å²) < 4.78 is 56.3. The molecular weight excluding hydrogens is 1820 g/mol. The zero-order valence-corrected chi connectivity index (χ0v) is 78.0. The van der Waals surface area contributed by atoms with Crippen molar-refractivity contribution in [2.45, 2.75) is 182 Å². The highest BCUT2D eigenvalue weighted by atomic mass is 32.2. The third-order valence-corrected chi connectivity index (χ3v) is 25.2. The van der Waals surface area contributed by atoms with Crippen LogP contribution in [0, 0.1) is 23.4 Å². The van der Waals surface area contributed by atoms with Gasteiger partial charge in [0.2, 0.25) is 88.6 Å². The number of unbranched alkanes of at least 4 members (excludes halogenated alkanes) is 1. The number of aliphatic hydroxyl groups excluding tert-OH is 1. The minimum atomic E-state index is -2.03. The van der Waals surface area contributed by atoms with Gasteiger partial charge in [0.25, 0.3) is 0 Å². The molecule has 3 fully saturated rings. The number of rotatable bonds is 24. The first-order chi connectivity index (χ1) is 65.8. The van der Waals surface area contributed by atoms with Gasteiger partial charge < -0.3 is 113 Å². The number of carbonyl (C=O) groups excluding carboxylic acids is 15. The summed E-state index contributed by atoms with van der Waals surface area (Å²) in [5, 5.41) is 66.8. The highest BCUT2D eigenvalue weighted by Crippen LogP contribution is 2.28. The van der Waals surface area contributed by atoms with Gasteiger partial charge >= 0.3 is 5.97 Å². The van der Waals surface area contributed by atoms with Gasteiger partial charge in [-0.1, -0.05) is 137 Å². The molecule has 10 rings (SSSR count). The second-order valence-electron chi connectivity index (χ2n) is 34.6. The number of likely N-dealkylation sites (N-methyl/N-ethyl adjacent to an activating group) is 3. The number of morpholine rings is 1. The van der Waals surface area contributed by atoms with Gasteiger partial charge in [0, 0.05) is 116 Å². The predicted molar refractivity (Wildman–Crippen MR) is 496 cm³/mol. The molecule has 0 saturated carbocycles. The maximum absolute atomic E-state index is 15.8. The lowest BCUT2D eigenvalue weighted by Gasteiger charge is -2.40. The number of carboxylic acids is 1. The summed E-state index contributed by atoms with van der Waals surface area (Å²) in [6.07, 6.45) is -3.81. The van der Waals surface area contributed by atoms with E-state index in [1.807, 2.05) is 0 Å². The summed E-state index contributed by atoms with van der Waals surface area (Å²) in [6, 6.07) is 13.2. The number of aliphatic carboxylic acids is 1. The normalized spacial score (nSPS) is 23.7. The Morgan fingerprint density at radius 3 is 1.66 bits per heavy atom. The molecule has 0 spiro atoms. The predicted octanol–water partition coefficient (Wildman–Crippen LogP) is 1.01. The topological polar surface area (TPSA) is 539 Å². The highest BCUT2D eigenvalue weighted by Gasteiger charge is 2.47. The zero-order chi connectivity index (χ0) is 100. The van der Waals surface area contributed by atoms with Crippen LogP contribution in [0.2, 0.25) is 0 Å². The van der Waals surface area contributed by atoms with Crippen molar-refractivity contribution in [2.75, 3.05) is 79.2 Å². The number of ether oxygens (including phenoxy) is 2. The molecule has 6 aromatic carbocycles. The second kappa shape index (κ2) is 50.2. The number of carbonyl (C=O) groups is 16. The molecule has 3 aliphatic rings. The lowest BCUT2D eigenvalue weighted by Crippen LogP contribution is -2.64. The molecular formula is C96H117F3N16O22S. The maximum atomic E-state index is 15.8. The monoisotopic (exact) mass is 1930 g/mol. The minimum Gasteiger partial charge on any atom is -0.508 e. The summed E-state index contributed by atoms with van der Waals surface area (Å²) in [5.41, 5.74) is 7.62. The fourth-order valence-electron chi connectivity index (χ4n) is 16.6. The Labute approximate surface area is 797 Å². The van der Waals surface area contributed by atoms with Gasteiger partial charge in [-0.05, 0) is 94.6 Å². The molecule has 0 radical (unpaired) electrons. The first kappa shape index (κ1) is 106. The number of aromatic nitrogens is 1. The Bertz CT molecular complexity index is 5490. The van der Waals surface area contributed by atoms with Crippen LogP contribution < -0.4 is 53.6 Å². The molecule has 3 aliphatic heterocycles. The number of primary amides is 1. The average Bonchev–Trinajstić information content (AvgIpc) is 1.64. The molecule has 4 heterocycles. The maximum Gasteiger partial charge on any atom is 0.305 e. The number of methoxy groups -OCH3 is 1. The first-order valence-electron chi connectivity index (χ1n) is 45.1. The number of nitrogens with one attached hydrogen (secondary N) is 10. The number of H-pyrrole nitrogens is 1. The molecule has 16 N–H and O–H groups in total. The molecule has 15 amide bonds. The third kappa shape index (κ3) is 29.0. The Morgan fingerprint density at radius 1 is 0.543 bits per heavy atom. The Kier molecular flexibility index (Phi) is 38.6. The number of phenolic OH excluding ortho intramolecular Hbond substituents is 2. The number of amides is 15. The molecule has 14 atom stereocenters. The Hall–Kier alpha value is -14.0. The molecule has 740 valence electrons. The second-order valence-corrected chi connectivity index (χ2v) is 35.6. The number of thioether (sulfide) groups is 1. The van der Waals surface area contributed by atoms with E-state index in [-0.39, 0.29) is 81.8 Å². The first-order valence-corrected chi connectivity index (χ1v) is 46.2. The van der Waals surface area contributed by atoms with Gasteiger partial charge in [-0.3, -0.25) is 76.7 Å². The summed E-state index contributed by atoms with van der Waals surface area (Å²) >= 11 is 0.638. The van der Waals surface area contributed by atoms with Crippen LogP contribution in [0.4, 0.5) is 13.2 Å². The average molecular weight is 1940 g/mol. The van der Waals surface area contributed by atoms with Crippen molar-refractivity contribution in [3.8, 4) is 11.5 Å². The van der Waals surface area contributed by atoms with Crippen LogP contribution in [0.25, 0.3) is 10.9 Å². The summed E-state index contributed by atoms with van der Waals surface area (Å²) in [6.45, 7) is 2.12. The Balaban J connectivity index is 1.07. The molecule has 138 heavy (non-hydrogen) atoms. The number of fused-ring (bicyclic) bond motifs is 3. The molecule has 0 aliphatic carbocycles. The summed E-state index contributed by atoms with van der Waals surface area (Å²) in [5.74, 6) is -25.1. The number of carboxylic acid groups (broad SMARTS) is 1. The van der Waals surface area contributed by atoms with E-state index in [0.29, 0.717) is 69.0 Å². The lowest BCUT2D eigenvalue weighted by molar-refractivity contribution is -0.158. The van der Waals surface area contributed by atoms with Crippen molar-refractivity contribution in [1.82, 2.24) is 77.3 Å². The number of benzene rings is 6. The van der Waals surface area contributed by atoms with Crippen LogP contribution in [0.5, 0.6) is 11.5 Å². The fourth-order valence-corrected chi connectivity index (χ4v) is 17.4. The number of phenols is 2. The number of aromatic hydroxyl groups is 2. The SMILES string of the molecule is CCCC[C@H]1C(=O)N2CCOC[C@@H]2C(=O)N[C@@H](CC(=O)O)C(=O)N[C@@H](C(C)C)C(=O)N(C)[C@@H](Cc2ccccc2)C(=O)N[C@@H](Cc2ccc(O)cc2)C(=O)N2C[C@H](O)C[C@@H]2C(=O)N[C@@H](Cc2c[nH]c3ccccc23)C(=O)N[C@@H](Cc2ccc(O)cc2)C(=O)N[C@@H](CCOC)C(=O)N[C@H](C(=O)NCC(N)=O)CSCC(=O)N[C@@H](Cc2cc(F)c(F)c(F)c2)C(=O)N(C)[C@@H](Cc2ccccc2)C(=O)N1C. The molecule has 42 heteroatoms. The molecule has 3 saturated heterocycles. The van der Waals surface area contributed by atoms with E-state index in [0.717, 1.165) is 24.5 Å². The molecule has 0 unspecified atom stereocenters. The van der Waals surface area contributed by atoms with E-state index < -0.39 is 259 Å². The smallest absolute Gasteiger partial charge is 0.305 e. The van der Waals surface area contributed by atoms with Crippen molar-refractivity contribution < 1.29 is 120 Å². The molecule has 1 aromatic heterocycles. The number of para-hydroxylation sites is 1. The van der Waals surface area contributed by atoms with E-state index in [1.165, 1.54) is 90.6 Å². The fraction of sp³-hybridized carbons (Fsp3) is 0.438. The number of aromatic amines is 1. The van der Waals surface area contributed by atoms with Crippen LogP contribution in [-0.4, -0.2) is 308 Å². The largest absolute Gasteiger partial charge is 0.508 e. The highest BCUT2D eigenvalue weighted by molar-refractivity contribution is 8.00. The van der Waals surface area contributed by atoms with E-state index in [4.69, 9.17) is 15.2 Å². The van der Waals surface area contributed by atoms with Gasteiger partial charge in [0.05, 0.1) is 38.0 Å². The van der Waals surface area contributed by atoms with Crippen LogP contribution in [0.3, 0.4) is 0 Å². The van der Waals surface area contributed by atoms with Crippen LogP contribution >= 0.6 is 11.8 Å². The lowest BCUT2D eigenvalue weighted by atomic mass is 9.98. The van der Waals surface area contributed by atoms with Crippen molar-refractivity contribution in [3.05, 3.63) is 203 Å². The molecule has 0 bridgehead atoms. The van der Waals surface area contributed by atoms with Crippen molar-refractivity contribution in [1.29, 1.82) is 0 Å².